The van der Waals surface area contributed by atoms with Crippen LogP contribution < -0.4 is 15.9 Å². The predicted octanol–water partition coefficient (Wildman–Crippen LogP) is 2.46. The van der Waals surface area contributed by atoms with Crippen molar-refractivity contribution in [2.45, 2.75) is 44.0 Å². The summed E-state index contributed by atoms with van der Waals surface area (Å²) in [6.45, 7) is 6.40. The molecule has 1 aromatic carbocycles. The lowest BCUT2D eigenvalue weighted by Gasteiger charge is -2.12. The first kappa shape index (κ1) is 18.1. The van der Waals surface area contributed by atoms with Gasteiger partial charge in [-0.05, 0) is 44.5 Å². The zero-order chi connectivity index (χ0) is 17.5. The molecule has 1 amide bonds. The first-order valence-corrected chi connectivity index (χ1v) is 8.82. The van der Waals surface area contributed by atoms with Crippen LogP contribution in [0.3, 0.4) is 0 Å². The van der Waals surface area contributed by atoms with Crippen molar-refractivity contribution in [3.63, 3.8) is 0 Å². The Hall–Kier alpha value is -2.22. The van der Waals surface area contributed by atoms with Crippen molar-refractivity contribution >= 4 is 23.4 Å². The van der Waals surface area contributed by atoms with Crippen LogP contribution in [-0.4, -0.2) is 32.6 Å². The summed E-state index contributed by atoms with van der Waals surface area (Å²) in [6, 6.07) is 7.27. The molecule has 0 bridgehead atoms. The Kier molecular flexibility index (Phi) is 6.48. The van der Waals surface area contributed by atoms with Gasteiger partial charge in [0.2, 0.25) is 11.1 Å². The highest BCUT2D eigenvalue weighted by molar-refractivity contribution is 8.00. The number of rotatable bonds is 8. The van der Waals surface area contributed by atoms with Crippen LogP contribution in [0.2, 0.25) is 0 Å². The molecular formula is C16H23N5O2S. The lowest BCUT2D eigenvalue weighted by molar-refractivity contribution is -0.115. The largest absolute Gasteiger partial charge is 0.494 e. The van der Waals surface area contributed by atoms with Crippen LogP contribution in [0.1, 0.15) is 33.0 Å². The fourth-order valence-electron chi connectivity index (χ4n) is 2.04. The average Bonchev–Trinajstić information content (AvgIpc) is 2.90. The number of hydrogen-bond donors (Lipinski definition) is 2. The molecule has 0 saturated carbocycles. The number of ether oxygens (including phenoxy) is 1. The Morgan fingerprint density at radius 3 is 2.67 bits per heavy atom. The highest BCUT2D eigenvalue weighted by Gasteiger charge is 2.19. The molecule has 1 aromatic heterocycles. The molecule has 0 radical (unpaired) electrons. The van der Waals surface area contributed by atoms with Gasteiger partial charge in [0.15, 0.2) is 5.82 Å². The first-order chi connectivity index (χ1) is 11.5. The third-order valence-corrected chi connectivity index (χ3v) is 4.35. The van der Waals surface area contributed by atoms with E-state index < -0.39 is 0 Å². The number of nitrogen functional groups attached to an aromatic ring is 1. The fourth-order valence-corrected chi connectivity index (χ4v) is 2.83. The molecule has 3 N–H and O–H groups in total. The summed E-state index contributed by atoms with van der Waals surface area (Å²) in [4.78, 5) is 12.3. The van der Waals surface area contributed by atoms with Crippen LogP contribution in [0.25, 0.3) is 0 Å². The average molecular weight is 349 g/mol. The Labute approximate surface area is 145 Å². The van der Waals surface area contributed by atoms with Crippen LogP contribution in [-0.2, 0) is 11.2 Å². The minimum Gasteiger partial charge on any atom is -0.494 e. The molecule has 0 unspecified atom stereocenters. The van der Waals surface area contributed by atoms with E-state index in [0.29, 0.717) is 11.8 Å². The highest BCUT2D eigenvalue weighted by atomic mass is 32.2. The third kappa shape index (κ3) is 4.64. The smallest absolute Gasteiger partial charge is 0.237 e. The minimum absolute atomic E-state index is 0.121. The number of benzene rings is 1. The monoisotopic (exact) mass is 349 g/mol. The van der Waals surface area contributed by atoms with Crippen LogP contribution in [0.15, 0.2) is 29.4 Å². The molecule has 1 heterocycles. The van der Waals surface area contributed by atoms with Gasteiger partial charge >= 0.3 is 0 Å². The third-order valence-electron chi connectivity index (χ3n) is 3.29. The van der Waals surface area contributed by atoms with Gasteiger partial charge in [-0.15, -0.1) is 10.2 Å². The molecule has 7 nitrogen and oxygen atoms in total. The maximum absolute atomic E-state index is 12.3. The molecule has 1 atom stereocenters. The second-order valence-electron chi connectivity index (χ2n) is 5.23. The van der Waals surface area contributed by atoms with E-state index in [1.807, 2.05) is 45.0 Å². The quantitative estimate of drug-likeness (QED) is 0.561. The van der Waals surface area contributed by atoms with E-state index in [-0.39, 0.29) is 11.2 Å². The molecular weight excluding hydrogens is 326 g/mol. The van der Waals surface area contributed by atoms with E-state index in [1.165, 1.54) is 16.4 Å². The lowest BCUT2D eigenvalue weighted by atomic mass is 10.3. The number of carbonyl (C=O) groups excluding carboxylic acids is 1. The van der Waals surface area contributed by atoms with Crippen molar-refractivity contribution in [3.8, 4) is 5.75 Å². The van der Waals surface area contributed by atoms with Gasteiger partial charge in [0.25, 0.3) is 0 Å². The van der Waals surface area contributed by atoms with E-state index >= 15 is 0 Å². The van der Waals surface area contributed by atoms with E-state index in [1.54, 1.807) is 0 Å². The van der Waals surface area contributed by atoms with E-state index in [2.05, 4.69) is 15.5 Å². The standard InChI is InChI=1S/C16H23N5O2S/c1-4-6-14-19-20-16(21(14)17)24-11(3)15(22)18-12-7-9-13(10-8-12)23-5-2/h7-11H,4-6,17H2,1-3H3,(H,18,22)/t11-/m0/s1. The molecule has 24 heavy (non-hydrogen) atoms. The molecule has 130 valence electrons. The Morgan fingerprint density at radius 2 is 2.04 bits per heavy atom. The van der Waals surface area contributed by atoms with Gasteiger partial charge in [0.05, 0.1) is 11.9 Å². The van der Waals surface area contributed by atoms with Crippen molar-refractivity contribution in [3.05, 3.63) is 30.1 Å². The molecule has 2 aromatic rings. The Bertz CT molecular complexity index is 672. The summed E-state index contributed by atoms with van der Waals surface area (Å²) < 4.78 is 6.83. The van der Waals surface area contributed by atoms with Crippen LogP contribution in [0.5, 0.6) is 5.75 Å². The van der Waals surface area contributed by atoms with Crippen molar-refractivity contribution in [2.75, 3.05) is 17.8 Å². The summed E-state index contributed by atoms with van der Waals surface area (Å²) in [7, 11) is 0. The number of hydrogen-bond acceptors (Lipinski definition) is 6. The van der Waals surface area contributed by atoms with Crippen LogP contribution in [0.4, 0.5) is 5.69 Å². The zero-order valence-electron chi connectivity index (χ0n) is 14.2. The molecule has 0 saturated heterocycles. The zero-order valence-corrected chi connectivity index (χ0v) is 15.0. The summed E-state index contributed by atoms with van der Waals surface area (Å²) in [6.07, 6.45) is 1.70. The van der Waals surface area contributed by atoms with Crippen LogP contribution in [0, 0.1) is 0 Å². The summed E-state index contributed by atoms with van der Waals surface area (Å²) in [5.74, 6) is 7.34. The number of aromatic nitrogens is 3. The molecule has 0 aliphatic rings. The maximum atomic E-state index is 12.3. The molecule has 0 fully saturated rings. The molecule has 2 rings (SSSR count). The van der Waals surface area contributed by atoms with E-state index in [0.717, 1.165) is 30.1 Å². The van der Waals surface area contributed by atoms with Crippen molar-refractivity contribution in [2.24, 2.45) is 0 Å². The summed E-state index contributed by atoms with van der Waals surface area (Å²) in [5, 5.41) is 11.2. The number of amides is 1. The number of anilines is 1. The minimum atomic E-state index is -0.349. The molecule has 0 spiro atoms. The number of nitrogens with two attached hydrogens (primary N) is 1. The topological polar surface area (TPSA) is 95.1 Å². The summed E-state index contributed by atoms with van der Waals surface area (Å²) >= 11 is 1.28. The predicted molar refractivity (Wildman–Crippen MR) is 95.7 cm³/mol. The molecule has 0 aliphatic carbocycles. The van der Waals surface area contributed by atoms with Crippen molar-refractivity contribution < 1.29 is 9.53 Å². The Morgan fingerprint density at radius 1 is 1.33 bits per heavy atom. The number of carbonyl (C=O) groups is 1. The number of nitrogens with one attached hydrogen (secondary N) is 1. The number of nitrogens with zero attached hydrogens (tertiary/aromatic N) is 3. The van der Waals surface area contributed by atoms with Crippen molar-refractivity contribution in [1.29, 1.82) is 0 Å². The molecule has 8 heteroatoms. The first-order valence-electron chi connectivity index (χ1n) is 7.94. The van der Waals surface area contributed by atoms with Gasteiger partial charge in [-0.3, -0.25) is 4.79 Å². The van der Waals surface area contributed by atoms with Gasteiger partial charge in [-0.1, -0.05) is 18.7 Å². The van der Waals surface area contributed by atoms with Gasteiger partial charge in [0, 0.05) is 12.1 Å². The summed E-state index contributed by atoms with van der Waals surface area (Å²) in [5.41, 5.74) is 0.719. The van der Waals surface area contributed by atoms with Gasteiger partial charge in [-0.25, -0.2) is 4.68 Å². The second-order valence-corrected chi connectivity index (χ2v) is 6.53. The van der Waals surface area contributed by atoms with Gasteiger partial charge < -0.3 is 15.9 Å². The SMILES string of the molecule is CCCc1nnc(S[C@@H](C)C(=O)Nc2ccc(OCC)cc2)n1N. The number of thioether (sulfide) groups is 1. The Balaban J connectivity index is 1.94. The fraction of sp³-hybridized carbons (Fsp3) is 0.438. The molecule has 0 aliphatic heterocycles. The second kappa shape index (κ2) is 8.58. The van der Waals surface area contributed by atoms with E-state index in [4.69, 9.17) is 10.6 Å². The van der Waals surface area contributed by atoms with Crippen molar-refractivity contribution in [1.82, 2.24) is 14.9 Å². The lowest BCUT2D eigenvalue weighted by Crippen LogP contribution is -2.23. The highest BCUT2D eigenvalue weighted by Crippen LogP contribution is 2.23. The maximum Gasteiger partial charge on any atom is 0.237 e. The normalized spacial score (nSPS) is 12.0. The number of aryl methyl sites for hydroxylation is 1. The van der Waals surface area contributed by atoms with Gasteiger partial charge in [0.1, 0.15) is 5.75 Å². The van der Waals surface area contributed by atoms with Crippen LogP contribution >= 0.6 is 11.8 Å². The van der Waals surface area contributed by atoms with E-state index in [9.17, 15) is 4.79 Å². The van der Waals surface area contributed by atoms with Gasteiger partial charge in [-0.2, -0.15) is 0 Å².